The SMILES string of the molecule is C=CCOc1ccccc1/C=C1\S/C(=N/c2nccs2)N(CC=C)C1=O. The van der Waals surface area contributed by atoms with Crippen LogP contribution in [0, 0.1) is 0 Å². The number of para-hydroxylation sites is 1. The average Bonchev–Trinajstić information content (AvgIpc) is 3.25. The Bertz CT molecular complexity index is 873. The molecule has 1 saturated heterocycles. The Morgan fingerprint density at radius 2 is 2.12 bits per heavy atom. The van der Waals surface area contributed by atoms with Crippen molar-refractivity contribution in [3.05, 3.63) is 71.6 Å². The number of aliphatic imine (C=N–C) groups is 1. The van der Waals surface area contributed by atoms with Crippen molar-refractivity contribution < 1.29 is 9.53 Å². The number of nitrogens with zero attached hydrogens (tertiary/aromatic N) is 3. The first kappa shape index (κ1) is 18.2. The molecule has 2 aromatic rings. The van der Waals surface area contributed by atoms with Crippen LogP contribution in [0.1, 0.15) is 5.56 Å². The molecule has 2 heterocycles. The Balaban J connectivity index is 1.93. The number of thiazole rings is 1. The number of amides is 1. The number of carbonyl (C=O) groups excluding carboxylic acids is 1. The largest absolute Gasteiger partial charge is 0.489 e. The third-order valence-electron chi connectivity index (χ3n) is 3.37. The fourth-order valence-electron chi connectivity index (χ4n) is 2.26. The smallest absolute Gasteiger partial charge is 0.267 e. The molecule has 0 aliphatic carbocycles. The Morgan fingerprint density at radius 3 is 2.85 bits per heavy atom. The third kappa shape index (κ3) is 4.12. The number of aromatic nitrogens is 1. The lowest BCUT2D eigenvalue weighted by atomic mass is 10.2. The number of ether oxygens (including phenoxy) is 1. The van der Waals surface area contributed by atoms with Crippen molar-refractivity contribution >= 4 is 45.4 Å². The van der Waals surface area contributed by atoms with Crippen LogP contribution in [0.5, 0.6) is 5.75 Å². The first-order valence-electron chi connectivity index (χ1n) is 7.86. The molecular formula is C19H17N3O2S2. The minimum absolute atomic E-state index is 0.108. The monoisotopic (exact) mass is 383 g/mol. The van der Waals surface area contributed by atoms with E-state index in [0.29, 0.717) is 34.1 Å². The molecule has 0 radical (unpaired) electrons. The van der Waals surface area contributed by atoms with Gasteiger partial charge in [-0.1, -0.05) is 36.9 Å². The molecule has 1 aromatic heterocycles. The van der Waals surface area contributed by atoms with Gasteiger partial charge in [0.15, 0.2) is 5.17 Å². The van der Waals surface area contributed by atoms with Crippen LogP contribution < -0.4 is 4.74 Å². The number of thioether (sulfide) groups is 1. The minimum atomic E-state index is -0.108. The second-order valence-corrected chi connectivity index (χ2v) is 7.04. The van der Waals surface area contributed by atoms with E-state index in [0.717, 1.165) is 5.56 Å². The van der Waals surface area contributed by atoms with E-state index in [9.17, 15) is 4.79 Å². The fraction of sp³-hybridized carbons (Fsp3) is 0.105. The van der Waals surface area contributed by atoms with Gasteiger partial charge in [-0.05, 0) is 23.9 Å². The van der Waals surface area contributed by atoms with Crippen LogP contribution in [0.25, 0.3) is 6.08 Å². The summed E-state index contributed by atoms with van der Waals surface area (Å²) in [5.41, 5.74) is 0.833. The number of amidine groups is 1. The maximum absolute atomic E-state index is 12.8. The van der Waals surface area contributed by atoms with E-state index in [1.165, 1.54) is 23.1 Å². The number of hydrogen-bond acceptors (Lipinski definition) is 6. The molecule has 7 heteroatoms. The second kappa shape index (κ2) is 8.64. The van der Waals surface area contributed by atoms with E-state index in [4.69, 9.17) is 4.74 Å². The minimum Gasteiger partial charge on any atom is -0.489 e. The van der Waals surface area contributed by atoms with E-state index in [2.05, 4.69) is 23.1 Å². The van der Waals surface area contributed by atoms with Crippen LogP contribution >= 0.6 is 23.1 Å². The summed E-state index contributed by atoms with van der Waals surface area (Å²) in [7, 11) is 0. The zero-order valence-corrected chi connectivity index (χ0v) is 15.6. The molecule has 26 heavy (non-hydrogen) atoms. The van der Waals surface area contributed by atoms with Crippen LogP contribution in [0.15, 0.2) is 71.0 Å². The van der Waals surface area contributed by atoms with E-state index in [-0.39, 0.29) is 5.91 Å². The lowest BCUT2D eigenvalue weighted by Gasteiger charge is -2.11. The molecule has 1 fully saturated rings. The van der Waals surface area contributed by atoms with Gasteiger partial charge < -0.3 is 4.74 Å². The van der Waals surface area contributed by atoms with Crippen LogP contribution in [0.4, 0.5) is 5.13 Å². The summed E-state index contributed by atoms with van der Waals surface area (Å²) in [6.07, 6.45) is 6.88. The molecule has 1 aliphatic heterocycles. The van der Waals surface area contributed by atoms with Gasteiger partial charge in [-0.15, -0.1) is 17.9 Å². The molecule has 1 aliphatic rings. The molecule has 0 saturated carbocycles. The van der Waals surface area contributed by atoms with Gasteiger partial charge in [-0.3, -0.25) is 9.69 Å². The molecule has 5 nitrogen and oxygen atoms in total. The normalized spacial score (nSPS) is 17.1. The number of carbonyl (C=O) groups is 1. The van der Waals surface area contributed by atoms with Gasteiger partial charge in [0.05, 0.1) is 4.91 Å². The summed E-state index contributed by atoms with van der Waals surface area (Å²) in [5.74, 6) is 0.595. The Hall–Kier alpha value is -2.64. The third-order valence-corrected chi connectivity index (χ3v) is 5.04. The Morgan fingerprint density at radius 1 is 1.27 bits per heavy atom. The maximum atomic E-state index is 12.8. The lowest BCUT2D eigenvalue weighted by molar-refractivity contribution is -0.121. The topological polar surface area (TPSA) is 54.8 Å². The van der Waals surface area contributed by atoms with Gasteiger partial charge in [0.25, 0.3) is 5.91 Å². The predicted octanol–water partition coefficient (Wildman–Crippen LogP) is 4.50. The molecule has 0 spiro atoms. The second-order valence-electron chi connectivity index (χ2n) is 5.16. The van der Waals surface area contributed by atoms with E-state index < -0.39 is 0 Å². The standard InChI is InChI=1S/C19H17N3O2S2/c1-3-10-22-17(23)16(26-19(22)21-18-20-9-12-25-18)13-14-7-5-6-8-15(14)24-11-4-2/h3-9,12-13H,1-2,10-11H2/b16-13-,21-19+. The molecule has 0 unspecified atom stereocenters. The quantitative estimate of drug-likeness (QED) is 0.522. The molecule has 1 aromatic carbocycles. The predicted molar refractivity (Wildman–Crippen MR) is 109 cm³/mol. The molecule has 1 amide bonds. The van der Waals surface area contributed by atoms with Gasteiger partial charge in [-0.2, -0.15) is 4.99 Å². The highest BCUT2D eigenvalue weighted by molar-refractivity contribution is 8.18. The highest BCUT2D eigenvalue weighted by atomic mass is 32.2. The van der Waals surface area contributed by atoms with Crippen LogP contribution in [0.3, 0.4) is 0 Å². The van der Waals surface area contributed by atoms with Crippen molar-refractivity contribution in [1.29, 1.82) is 0 Å². The average molecular weight is 383 g/mol. The van der Waals surface area contributed by atoms with Crippen molar-refractivity contribution in [2.75, 3.05) is 13.2 Å². The summed E-state index contributed by atoms with van der Waals surface area (Å²) in [6.45, 7) is 8.18. The molecule has 3 rings (SSSR count). The summed E-state index contributed by atoms with van der Waals surface area (Å²) in [6, 6.07) is 7.58. The Labute approximate surface area is 160 Å². The van der Waals surface area contributed by atoms with Crippen LogP contribution in [0.2, 0.25) is 0 Å². The molecular weight excluding hydrogens is 366 g/mol. The van der Waals surface area contributed by atoms with Crippen LogP contribution in [-0.2, 0) is 4.79 Å². The van der Waals surface area contributed by atoms with Crippen molar-refractivity contribution in [3.63, 3.8) is 0 Å². The van der Waals surface area contributed by atoms with Crippen molar-refractivity contribution in [1.82, 2.24) is 9.88 Å². The summed E-state index contributed by atoms with van der Waals surface area (Å²) >= 11 is 2.75. The van der Waals surface area contributed by atoms with Gasteiger partial charge in [-0.25, -0.2) is 4.98 Å². The highest BCUT2D eigenvalue weighted by Crippen LogP contribution is 2.35. The van der Waals surface area contributed by atoms with Crippen LogP contribution in [-0.4, -0.2) is 34.1 Å². The van der Waals surface area contributed by atoms with Crippen molar-refractivity contribution in [2.45, 2.75) is 0 Å². The van der Waals surface area contributed by atoms with E-state index in [1.807, 2.05) is 35.7 Å². The van der Waals surface area contributed by atoms with Gasteiger partial charge in [0.1, 0.15) is 12.4 Å². The first-order chi connectivity index (χ1) is 12.7. The molecule has 0 bridgehead atoms. The summed E-state index contributed by atoms with van der Waals surface area (Å²) in [4.78, 5) is 23.6. The zero-order chi connectivity index (χ0) is 18.4. The number of rotatable bonds is 7. The number of benzene rings is 1. The molecule has 0 N–H and O–H groups in total. The lowest BCUT2D eigenvalue weighted by Crippen LogP contribution is -2.29. The number of hydrogen-bond donors (Lipinski definition) is 0. The maximum Gasteiger partial charge on any atom is 0.267 e. The molecule has 132 valence electrons. The van der Waals surface area contributed by atoms with Crippen molar-refractivity contribution in [3.8, 4) is 5.75 Å². The summed E-state index contributed by atoms with van der Waals surface area (Å²) < 4.78 is 5.67. The van der Waals surface area contributed by atoms with Gasteiger partial charge in [0.2, 0.25) is 5.13 Å². The van der Waals surface area contributed by atoms with Gasteiger partial charge in [0, 0.05) is 23.7 Å². The highest BCUT2D eigenvalue weighted by Gasteiger charge is 2.33. The van der Waals surface area contributed by atoms with E-state index in [1.54, 1.807) is 23.2 Å². The zero-order valence-electron chi connectivity index (χ0n) is 14.0. The fourth-order valence-corrected chi connectivity index (χ4v) is 3.80. The Kier molecular flexibility index (Phi) is 6.04. The first-order valence-corrected chi connectivity index (χ1v) is 9.55. The van der Waals surface area contributed by atoms with E-state index >= 15 is 0 Å². The van der Waals surface area contributed by atoms with Gasteiger partial charge >= 0.3 is 0 Å². The summed E-state index contributed by atoms with van der Waals surface area (Å²) in [5, 5.41) is 3.06. The molecule has 0 atom stereocenters. The van der Waals surface area contributed by atoms with Crippen molar-refractivity contribution in [2.24, 2.45) is 4.99 Å².